The summed E-state index contributed by atoms with van der Waals surface area (Å²) in [5, 5.41) is 9.79. The highest BCUT2D eigenvalue weighted by Crippen LogP contribution is 2.32. The molecule has 1 N–H and O–H groups in total. The zero-order valence-corrected chi connectivity index (χ0v) is 11.1. The number of aromatic carboxylic acids is 1. The number of hydrogen-bond donors (Lipinski definition) is 1. The lowest BCUT2D eigenvalue weighted by atomic mass is 9.96. The largest absolute Gasteiger partial charge is 0.478 e. The number of hydrogen-bond acceptors (Lipinski definition) is 2. The Labute approximate surface area is 116 Å². The average molecular weight is 277 g/mol. The van der Waals surface area contributed by atoms with E-state index in [1.807, 2.05) is 18.2 Å². The molecule has 0 aromatic heterocycles. The zero-order valence-electron chi connectivity index (χ0n) is 10.3. The van der Waals surface area contributed by atoms with Crippen molar-refractivity contribution in [1.29, 1.82) is 0 Å². The number of carboxylic acid groups (broad SMARTS) is 1. The van der Waals surface area contributed by atoms with Gasteiger partial charge in [0.15, 0.2) is 0 Å². The van der Waals surface area contributed by atoms with Crippen molar-refractivity contribution < 1.29 is 14.6 Å². The Morgan fingerprint density at radius 3 is 2.26 bits per heavy atom. The van der Waals surface area contributed by atoms with Gasteiger partial charge < -0.3 is 9.84 Å². The number of ether oxygens (including phenoxy) is 1. The van der Waals surface area contributed by atoms with Gasteiger partial charge in [0.2, 0.25) is 0 Å². The lowest BCUT2D eigenvalue weighted by Gasteiger charge is -2.19. The van der Waals surface area contributed by atoms with E-state index in [0.717, 1.165) is 5.56 Å². The predicted octanol–water partition coefficient (Wildman–Crippen LogP) is 3.77. The predicted molar refractivity (Wildman–Crippen MR) is 73.7 cm³/mol. The zero-order chi connectivity index (χ0) is 13.8. The summed E-state index contributed by atoms with van der Waals surface area (Å²) in [6, 6.07) is 14.0. The second kappa shape index (κ2) is 5.87. The first-order valence-corrected chi connectivity index (χ1v) is 6.12. The van der Waals surface area contributed by atoms with E-state index >= 15 is 0 Å². The first kappa shape index (κ1) is 13.6. The summed E-state index contributed by atoms with van der Waals surface area (Å²) in [7, 11) is 1.53. The molecule has 2 aromatic carbocycles. The number of halogens is 1. The van der Waals surface area contributed by atoms with Crippen molar-refractivity contribution in [1.82, 2.24) is 0 Å². The van der Waals surface area contributed by atoms with E-state index in [0.29, 0.717) is 10.6 Å². The Balaban J connectivity index is 2.55. The van der Waals surface area contributed by atoms with Crippen LogP contribution in [0.4, 0.5) is 0 Å². The molecule has 3 nitrogen and oxygen atoms in total. The molecular weight excluding hydrogens is 264 g/mol. The molecular formula is C15H13ClO3. The molecule has 0 fully saturated rings. The topological polar surface area (TPSA) is 46.5 Å². The van der Waals surface area contributed by atoms with Crippen molar-refractivity contribution in [2.75, 3.05) is 7.11 Å². The summed E-state index contributed by atoms with van der Waals surface area (Å²) in [5.41, 5.74) is 1.56. The summed E-state index contributed by atoms with van der Waals surface area (Å²) in [5.74, 6) is -0.982. The molecule has 19 heavy (non-hydrogen) atoms. The van der Waals surface area contributed by atoms with Crippen LogP contribution in [0.2, 0.25) is 5.02 Å². The summed E-state index contributed by atoms with van der Waals surface area (Å²) in [6.45, 7) is 0. The van der Waals surface area contributed by atoms with Crippen LogP contribution in [0.1, 0.15) is 27.6 Å². The Morgan fingerprint density at radius 1 is 1.11 bits per heavy atom. The van der Waals surface area contributed by atoms with Crippen molar-refractivity contribution in [3.63, 3.8) is 0 Å². The molecule has 0 bridgehead atoms. The molecule has 0 amide bonds. The maximum atomic E-state index is 11.3. The van der Waals surface area contributed by atoms with E-state index < -0.39 is 12.1 Å². The van der Waals surface area contributed by atoms with Gasteiger partial charge in [-0.05, 0) is 17.7 Å². The minimum atomic E-state index is -0.982. The van der Waals surface area contributed by atoms with Crippen LogP contribution >= 0.6 is 11.6 Å². The quantitative estimate of drug-likeness (QED) is 0.924. The Hall–Kier alpha value is -1.84. The minimum Gasteiger partial charge on any atom is -0.478 e. The molecule has 0 saturated heterocycles. The number of rotatable bonds is 4. The van der Waals surface area contributed by atoms with Crippen molar-refractivity contribution in [3.8, 4) is 0 Å². The fraction of sp³-hybridized carbons (Fsp3) is 0.133. The highest BCUT2D eigenvalue weighted by Gasteiger charge is 2.21. The van der Waals surface area contributed by atoms with E-state index in [-0.39, 0.29) is 5.56 Å². The molecule has 4 heteroatoms. The second-order valence-electron chi connectivity index (χ2n) is 4.03. The first-order chi connectivity index (χ1) is 9.15. The van der Waals surface area contributed by atoms with Crippen LogP contribution in [0.3, 0.4) is 0 Å². The third-order valence-corrected chi connectivity index (χ3v) is 3.24. The van der Waals surface area contributed by atoms with Crippen LogP contribution < -0.4 is 0 Å². The summed E-state index contributed by atoms with van der Waals surface area (Å²) in [4.78, 5) is 11.3. The standard InChI is InChI=1S/C15H13ClO3/c1-19-14(12-8-4-5-9-13(12)16)10-6-2-3-7-11(10)15(17)18/h2-9,14H,1H3,(H,17,18). The summed E-state index contributed by atoms with van der Waals surface area (Å²) < 4.78 is 5.45. The molecule has 0 radical (unpaired) electrons. The van der Waals surface area contributed by atoms with Gasteiger partial charge in [-0.2, -0.15) is 0 Å². The van der Waals surface area contributed by atoms with Crippen LogP contribution in [0.15, 0.2) is 48.5 Å². The monoisotopic (exact) mass is 276 g/mol. The number of benzene rings is 2. The van der Waals surface area contributed by atoms with Gasteiger partial charge in [0, 0.05) is 17.7 Å². The van der Waals surface area contributed by atoms with Crippen molar-refractivity contribution >= 4 is 17.6 Å². The van der Waals surface area contributed by atoms with Crippen molar-refractivity contribution in [2.45, 2.75) is 6.10 Å². The van der Waals surface area contributed by atoms with Gasteiger partial charge >= 0.3 is 5.97 Å². The molecule has 2 rings (SSSR count). The van der Waals surface area contributed by atoms with Gasteiger partial charge in [0.1, 0.15) is 6.10 Å². The highest BCUT2D eigenvalue weighted by molar-refractivity contribution is 6.31. The maximum absolute atomic E-state index is 11.3. The third-order valence-electron chi connectivity index (χ3n) is 2.90. The fourth-order valence-corrected chi connectivity index (χ4v) is 2.26. The molecule has 0 aliphatic carbocycles. The minimum absolute atomic E-state index is 0.217. The summed E-state index contributed by atoms with van der Waals surface area (Å²) in [6.07, 6.45) is -0.499. The Bertz CT molecular complexity index is 595. The van der Waals surface area contributed by atoms with Crippen molar-refractivity contribution in [3.05, 3.63) is 70.2 Å². The van der Waals surface area contributed by atoms with Crippen molar-refractivity contribution in [2.24, 2.45) is 0 Å². The molecule has 1 atom stereocenters. The van der Waals surface area contributed by atoms with E-state index in [1.54, 1.807) is 30.3 Å². The first-order valence-electron chi connectivity index (χ1n) is 5.74. The van der Waals surface area contributed by atoms with Crippen LogP contribution in [0, 0.1) is 0 Å². The lowest BCUT2D eigenvalue weighted by Crippen LogP contribution is -2.10. The van der Waals surface area contributed by atoms with Gasteiger partial charge in [-0.3, -0.25) is 0 Å². The molecule has 2 aromatic rings. The van der Waals surface area contributed by atoms with E-state index in [4.69, 9.17) is 16.3 Å². The van der Waals surface area contributed by atoms with E-state index in [1.165, 1.54) is 7.11 Å². The van der Waals surface area contributed by atoms with Gasteiger partial charge in [-0.1, -0.05) is 48.0 Å². The normalized spacial score (nSPS) is 12.1. The average Bonchev–Trinajstić information content (AvgIpc) is 2.42. The Morgan fingerprint density at radius 2 is 1.68 bits per heavy atom. The molecule has 1 unspecified atom stereocenters. The number of carbonyl (C=O) groups is 1. The third kappa shape index (κ3) is 2.78. The van der Waals surface area contributed by atoms with Gasteiger partial charge in [0.25, 0.3) is 0 Å². The van der Waals surface area contributed by atoms with Gasteiger partial charge in [0.05, 0.1) is 5.56 Å². The van der Waals surface area contributed by atoms with Crippen LogP contribution in [-0.2, 0) is 4.74 Å². The van der Waals surface area contributed by atoms with Gasteiger partial charge in [-0.25, -0.2) is 4.79 Å². The molecule has 0 aliphatic heterocycles. The van der Waals surface area contributed by atoms with Gasteiger partial charge in [-0.15, -0.1) is 0 Å². The molecule has 0 heterocycles. The highest BCUT2D eigenvalue weighted by atomic mass is 35.5. The molecule has 0 spiro atoms. The van der Waals surface area contributed by atoms with Crippen LogP contribution in [-0.4, -0.2) is 18.2 Å². The van der Waals surface area contributed by atoms with Crippen LogP contribution in [0.5, 0.6) is 0 Å². The number of methoxy groups -OCH3 is 1. The maximum Gasteiger partial charge on any atom is 0.336 e. The molecule has 0 aliphatic rings. The lowest BCUT2D eigenvalue weighted by molar-refractivity contribution is 0.0687. The fourth-order valence-electron chi connectivity index (χ4n) is 2.03. The van der Waals surface area contributed by atoms with E-state index in [2.05, 4.69) is 0 Å². The molecule has 98 valence electrons. The molecule has 0 saturated carbocycles. The second-order valence-corrected chi connectivity index (χ2v) is 4.44. The summed E-state index contributed by atoms with van der Waals surface area (Å²) >= 11 is 6.15. The Kier molecular flexibility index (Phi) is 4.20. The smallest absolute Gasteiger partial charge is 0.336 e. The SMILES string of the molecule is COC(c1ccccc1Cl)c1ccccc1C(=O)O. The van der Waals surface area contributed by atoms with Crippen LogP contribution in [0.25, 0.3) is 0 Å². The number of carboxylic acids is 1. The van der Waals surface area contributed by atoms with E-state index in [9.17, 15) is 9.90 Å².